The second kappa shape index (κ2) is 10.3. The van der Waals surface area contributed by atoms with Crippen molar-refractivity contribution in [1.29, 1.82) is 0 Å². The molecule has 0 fully saturated rings. The zero-order valence-corrected chi connectivity index (χ0v) is 21.0. The molecular formula is C10H14Ac2ClN5O2. The molecule has 0 aromatic carbocycles. The van der Waals surface area contributed by atoms with Crippen molar-refractivity contribution in [2.45, 2.75) is 13.0 Å². The molecule has 0 aliphatic carbocycles. The molecular weight excluding hydrogens is 712 g/mol. The van der Waals surface area contributed by atoms with Crippen molar-refractivity contribution in [3.05, 3.63) is 11.5 Å². The number of aliphatic hydroxyl groups is 2. The number of aromatic nitrogens is 4. The average Bonchev–Trinajstić information content (AvgIpc) is 2.73. The van der Waals surface area contributed by atoms with Gasteiger partial charge >= 0.3 is 0 Å². The Kier molecular flexibility index (Phi) is 11.0. The van der Waals surface area contributed by atoms with Gasteiger partial charge in [-0.2, -0.15) is 9.97 Å². The fraction of sp³-hybridized carbons (Fsp3) is 0.500. The maximum atomic E-state index is 9.01. The molecule has 2 aromatic heterocycles. The van der Waals surface area contributed by atoms with E-state index in [0.717, 1.165) is 0 Å². The van der Waals surface area contributed by atoms with E-state index in [1.165, 1.54) is 0 Å². The van der Waals surface area contributed by atoms with E-state index in [9.17, 15) is 0 Å². The standard InChI is InChI=1S/C10H14ClN5O2.2Ac/c11-8-7-9(15-10(12)14-8)13-5-16(7)2-1-6(3-17)4-18;;/h5-6,17-18H,1-4H2,(H2,12,14,15);;. The van der Waals surface area contributed by atoms with Crippen LogP contribution < -0.4 is 5.73 Å². The summed E-state index contributed by atoms with van der Waals surface area (Å²) in [6.07, 6.45) is 2.20. The first-order valence-electron chi connectivity index (χ1n) is 5.51. The second-order valence-corrected chi connectivity index (χ2v) is 4.36. The van der Waals surface area contributed by atoms with Crippen LogP contribution in [-0.2, 0) is 6.54 Å². The van der Waals surface area contributed by atoms with Crippen LogP contribution in [0.4, 0.5) is 5.95 Å². The third-order valence-electron chi connectivity index (χ3n) is 2.74. The zero-order chi connectivity index (χ0) is 13.1. The van der Waals surface area contributed by atoms with Crippen LogP contribution in [0.1, 0.15) is 6.42 Å². The van der Waals surface area contributed by atoms with E-state index in [0.29, 0.717) is 24.1 Å². The first kappa shape index (κ1) is 21.4. The molecule has 4 N–H and O–H groups in total. The Morgan fingerprint density at radius 1 is 1.25 bits per heavy atom. The number of imidazole rings is 1. The van der Waals surface area contributed by atoms with E-state index in [-0.39, 0.29) is 118 Å². The number of nitrogens with zero attached hydrogens (tertiary/aromatic N) is 4. The van der Waals surface area contributed by atoms with Crippen molar-refractivity contribution in [1.82, 2.24) is 19.5 Å². The van der Waals surface area contributed by atoms with Gasteiger partial charge in [0.2, 0.25) is 5.95 Å². The summed E-state index contributed by atoms with van der Waals surface area (Å²) >= 11 is 6.00. The molecule has 2 aromatic rings. The molecule has 0 saturated carbocycles. The smallest absolute Gasteiger partial charge is 0.223 e. The number of fused-ring (bicyclic) bond motifs is 1. The quantitative estimate of drug-likeness (QED) is 0.377. The van der Waals surface area contributed by atoms with Gasteiger partial charge in [0.1, 0.15) is 5.52 Å². The summed E-state index contributed by atoms with van der Waals surface area (Å²) in [5.41, 5.74) is 6.53. The molecule has 0 unspecified atom stereocenters. The number of hydrogen-bond donors (Lipinski definition) is 3. The summed E-state index contributed by atoms with van der Waals surface area (Å²) in [7, 11) is 0. The third kappa shape index (κ3) is 5.26. The van der Waals surface area contributed by atoms with Crippen LogP contribution >= 0.6 is 11.6 Å². The van der Waals surface area contributed by atoms with Gasteiger partial charge in [-0.15, -0.1) is 0 Å². The fourth-order valence-corrected chi connectivity index (χ4v) is 1.96. The van der Waals surface area contributed by atoms with Gasteiger partial charge in [0, 0.05) is 114 Å². The Hall–Kier alpha value is 1.44. The van der Waals surface area contributed by atoms with Crippen LogP contribution in [0.3, 0.4) is 0 Å². The van der Waals surface area contributed by atoms with Gasteiger partial charge in [-0.3, -0.25) is 0 Å². The van der Waals surface area contributed by atoms with E-state index in [1.807, 2.05) is 0 Å². The number of aliphatic hydroxyl groups excluding tert-OH is 2. The number of rotatable bonds is 5. The molecule has 2 heterocycles. The second-order valence-electron chi connectivity index (χ2n) is 4.00. The van der Waals surface area contributed by atoms with Gasteiger partial charge in [-0.1, -0.05) is 11.6 Å². The van der Waals surface area contributed by atoms with E-state index in [2.05, 4.69) is 15.0 Å². The first-order chi connectivity index (χ1) is 8.65. The van der Waals surface area contributed by atoms with Crippen molar-refractivity contribution < 1.29 is 98.3 Å². The summed E-state index contributed by atoms with van der Waals surface area (Å²) in [5.74, 6) is -0.0720. The van der Waals surface area contributed by atoms with Crippen LogP contribution in [-0.4, -0.2) is 42.9 Å². The Morgan fingerprint density at radius 3 is 2.50 bits per heavy atom. The van der Waals surface area contributed by atoms with E-state index < -0.39 is 0 Å². The molecule has 0 aliphatic heterocycles. The Bertz CT molecular complexity index is 550. The van der Waals surface area contributed by atoms with Gasteiger partial charge < -0.3 is 20.5 Å². The molecule has 10 heteroatoms. The zero-order valence-electron chi connectivity index (χ0n) is 10.8. The largest absolute Gasteiger partial charge is 0.396 e. The molecule has 2 radical (unpaired) electrons. The Balaban J connectivity index is 0.00000180. The average molecular weight is 726 g/mol. The van der Waals surface area contributed by atoms with Crippen molar-refractivity contribution in [2.75, 3.05) is 18.9 Å². The van der Waals surface area contributed by atoms with Crippen molar-refractivity contribution in [3.8, 4) is 0 Å². The topological polar surface area (TPSA) is 110 Å². The number of nitrogens with two attached hydrogens (primary N) is 1. The van der Waals surface area contributed by atoms with Crippen LogP contribution in [0, 0.1) is 94.0 Å². The van der Waals surface area contributed by atoms with E-state index >= 15 is 0 Å². The minimum absolute atomic E-state index is 0. The molecule has 2 rings (SSSR count). The van der Waals surface area contributed by atoms with Crippen LogP contribution in [0.5, 0.6) is 0 Å². The molecule has 20 heavy (non-hydrogen) atoms. The molecule has 0 aliphatic rings. The van der Waals surface area contributed by atoms with E-state index in [4.69, 9.17) is 27.5 Å². The van der Waals surface area contributed by atoms with Gasteiger partial charge in [0.15, 0.2) is 10.8 Å². The number of hydrogen-bond acceptors (Lipinski definition) is 6. The monoisotopic (exact) mass is 725 g/mol. The Labute approximate surface area is 192 Å². The molecule has 0 spiro atoms. The number of halogens is 1. The normalized spacial score (nSPS) is 10.4. The van der Waals surface area contributed by atoms with Crippen LogP contribution in [0.2, 0.25) is 5.15 Å². The summed E-state index contributed by atoms with van der Waals surface area (Å²) < 4.78 is 1.79. The number of anilines is 1. The minimum Gasteiger partial charge on any atom is -0.396 e. The maximum absolute atomic E-state index is 9.01. The molecule has 7 nitrogen and oxygen atoms in total. The van der Waals surface area contributed by atoms with Gasteiger partial charge in [0.05, 0.1) is 6.33 Å². The molecule has 0 amide bonds. The Morgan fingerprint density at radius 2 is 1.90 bits per heavy atom. The van der Waals surface area contributed by atoms with Gasteiger partial charge in [-0.05, 0) is 6.42 Å². The molecule has 0 saturated heterocycles. The molecule has 0 atom stereocenters. The fourth-order valence-electron chi connectivity index (χ4n) is 1.68. The van der Waals surface area contributed by atoms with Gasteiger partial charge in [0.25, 0.3) is 0 Å². The molecule has 104 valence electrons. The van der Waals surface area contributed by atoms with Crippen LogP contribution in [0.25, 0.3) is 11.2 Å². The summed E-state index contributed by atoms with van der Waals surface area (Å²) in [5, 5.41) is 18.3. The SMILES string of the molecule is Nc1nc(Cl)c2c(ncn2CCC(CO)CO)n1.[Ac].[Ac]. The summed E-state index contributed by atoms with van der Waals surface area (Å²) in [4.78, 5) is 11.9. The van der Waals surface area contributed by atoms with E-state index in [1.54, 1.807) is 10.9 Å². The summed E-state index contributed by atoms with van der Waals surface area (Å²) in [6.45, 7) is 0.454. The van der Waals surface area contributed by atoms with Crippen molar-refractivity contribution >= 4 is 28.7 Å². The number of nitrogen functional groups attached to an aromatic ring is 1. The minimum atomic E-state index is -0.157. The predicted molar refractivity (Wildman–Crippen MR) is 67.0 cm³/mol. The summed E-state index contributed by atoms with van der Waals surface area (Å²) in [6, 6.07) is 0. The van der Waals surface area contributed by atoms with Crippen LogP contribution in [0.15, 0.2) is 6.33 Å². The van der Waals surface area contributed by atoms with Crippen molar-refractivity contribution in [3.63, 3.8) is 0 Å². The first-order valence-corrected chi connectivity index (χ1v) is 5.89. The number of aryl methyl sites for hydroxylation is 1. The van der Waals surface area contributed by atoms with Gasteiger partial charge in [-0.25, -0.2) is 4.98 Å². The third-order valence-corrected chi connectivity index (χ3v) is 3.01. The maximum Gasteiger partial charge on any atom is 0.223 e. The predicted octanol–water partition coefficient (Wildman–Crippen LogP) is 0.0528. The molecule has 0 bridgehead atoms. The van der Waals surface area contributed by atoms with Crippen molar-refractivity contribution in [2.24, 2.45) is 5.92 Å².